The number of hydrogen-bond donors (Lipinski definition) is 3. The monoisotopic (exact) mass is 309 g/mol. The normalized spacial score (nSPS) is 21.6. The second-order valence-corrected chi connectivity index (χ2v) is 6.00. The van der Waals surface area contributed by atoms with E-state index >= 15 is 0 Å². The van der Waals surface area contributed by atoms with Crippen LogP contribution in [0.15, 0.2) is 0 Å². The van der Waals surface area contributed by atoms with Crippen molar-refractivity contribution in [2.75, 3.05) is 19.7 Å². The Bertz CT molecular complexity index is 466. The number of primary amides is 1. The van der Waals surface area contributed by atoms with Crippen molar-refractivity contribution in [1.82, 2.24) is 9.03 Å². The Morgan fingerprint density at radius 3 is 2.75 bits per heavy atom. The van der Waals surface area contributed by atoms with E-state index < -0.39 is 40.8 Å². The third kappa shape index (κ3) is 4.13. The number of rotatable bonds is 7. The van der Waals surface area contributed by atoms with E-state index in [0.717, 1.165) is 4.31 Å². The van der Waals surface area contributed by atoms with Crippen molar-refractivity contribution in [3.63, 3.8) is 0 Å². The van der Waals surface area contributed by atoms with Crippen LogP contribution in [0.4, 0.5) is 0 Å². The molecule has 1 aliphatic rings. The lowest BCUT2D eigenvalue weighted by molar-refractivity contribution is -0.146. The minimum atomic E-state index is -3.99. The van der Waals surface area contributed by atoms with E-state index in [0.29, 0.717) is 12.8 Å². The Balaban J connectivity index is 2.70. The Kier molecular flexibility index (Phi) is 5.87. The molecule has 1 heterocycles. The third-order valence-corrected chi connectivity index (χ3v) is 4.44. The molecule has 1 saturated heterocycles. The minimum absolute atomic E-state index is 0.164. The van der Waals surface area contributed by atoms with Crippen molar-refractivity contribution in [3.05, 3.63) is 0 Å². The van der Waals surface area contributed by atoms with Gasteiger partial charge in [0.25, 0.3) is 10.2 Å². The van der Waals surface area contributed by atoms with E-state index in [9.17, 15) is 23.1 Å². The SMILES string of the molecule is CCOC(=O)C1CCCN1S(=O)(=O)NCC(O)C(N)=O. The number of nitrogens with zero attached hydrogens (tertiary/aromatic N) is 1. The van der Waals surface area contributed by atoms with E-state index in [1.54, 1.807) is 6.92 Å². The highest BCUT2D eigenvalue weighted by Gasteiger charge is 2.39. The lowest BCUT2D eigenvalue weighted by Crippen LogP contribution is -2.49. The Hall–Kier alpha value is -1.23. The van der Waals surface area contributed by atoms with Gasteiger partial charge in [-0.25, -0.2) is 0 Å². The average Bonchev–Trinajstić information content (AvgIpc) is 2.86. The molecule has 0 aromatic carbocycles. The number of ether oxygens (including phenoxy) is 1. The van der Waals surface area contributed by atoms with Gasteiger partial charge in [0.15, 0.2) is 0 Å². The highest BCUT2D eigenvalue weighted by Crippen LogP contribution is 2.21. The summed E-state index contributed by atoms with van der Waals surface area (Å²) in [5, 5.41) is 9.18. The zero-order valence-electron chi connectivity index (χ0n) is 11.1. The first-order chi connectivity index (χ1) is 9.29. The fourth-order valence-corrected chi connectivity index (χ4v) is 3.30. The molecule has 1 fully saturated rings. The molecule has 10 heteroatoms. The lowest BCUT2D eigenvalue weighted by atomic mass is 10.2. The zero-order valence-corrected chi connectivity index (χ0v) is 11.9. The number of esters is 1. The minimum Gasteiger partial charge on any atom is -0.465 e. The fourth-order valence-electron chi connectivity index (χ4n) is 1.87. The van der Waals surface area contributed by atoms with Crippen LogP contribution >= 0.6 is 0 Å². The van der Waals surface area contributed by atoms with Gasteiger partial charge in [-0.3, -0.25) is 9.59 Å². The summed E-state index contributed by atoms with van der Waals surface area (Å²) >= 11 is 0. The van der Waals surface area contributed by atoms with Gasteiger partial charge in [0, 0.05) is 13.1 Å². The second kappa shape index (κ2) is 6.97. The summed E-state index contributed by atoms with van der Waals surface area (Å²) < 4.78 is 31.9. The first-order valence-corrected chi connectivity index (χ1v) is 7.64. The molecule has 2 unspecified atom stereocenters. The molecular formula is C10H19N3O6S. The van der Waals surface area contributed by atoms with Crippen LogP contribution in [0.3, 0.4) is 0 Å². The summed E-state index contributed by atoms with van der Waals surface area (Å²) in [4.78, 5) is 22.3. The van der Waals surface area contributed by atoms with Crippen LogP contribution in [0.5, 0.6) is 0 Å². The zero-order chi connectivity index (χ0) is 15.3. The molecular weight excluding hydrogens is 290 g/mol. The molecule has 1 rings (SSSR count). The van der Waals surface area contributed by atoms with Crippen LogP contribution in [0.1, 0.15) is 19.8 Å². The van der Waals surface area contributed by atoms with Crippen molar-refractivity contribution in [3.8, 4) is 0 Å². The molecule has 9 nitrogen and oxygen atoms in total. The topological polar surface area (TPSA) is 139 Å². The Morgan fingerprint density at radius 2 is 2.20 bits per heavy atom. The van der Waals surface area contributed by atoms with Gasteiger partial charge in [-0.1, -0.05) is 0 Å². The maximum Gasteiger partial charge on any atom is 0.324 e. The quantitative estimate of drug-likeness (QED) is 0.452. The molecule has 0 radical (unpaired) electrons. The number of nitrogens with two attached hydrogens (primary N) is 1. The van der Waals surface area contributed by atoms with Crippen LogP contribution in [0, 0.1) is 0 Å². The smallest absolute Gasteiger partial charge is 0.324 e. The molecule has 1 aliphatic heterocycles. The van der Waals surface area contributed by atoms with E-state index in [1.807, 2.05) is 4.72 Å². The number of hydrogen-bond acceptors (Lipinski definition) is 6. The van der Waals surface area contributed by atoms with E-state index in [1.165, 1.54) is 0 Å². The highest BCUT2D eigenvalue weighted by atomic mass is 32.2. The summed E-state index contributed by atoms with van der Waals surface area (Å²) in [7, 11) is -3.99. The molecule has 1 amide bonds. The van der Waals surface area contributed by atoms with Gasteiger partial charge in [-0.05, 0) is 19.8 Å². The van der Waals surface area contributed by atoms with Crippen LogP contribution in [-0.4, -0.2) is 61.5 Å². The van der Waals surface area contributed by atoms with Gasteiger partial charge in [0.1, 0.15) is 12.1 Å². The summed E-state index contributed by atoms with van der Waals surface area (Å²) in [5.74, 6) is -1.64. The number of carbonyl (C=O) groups excluding carboxylic acids is 2. The predicted molar refractivity (Wildman–Crippen MR) is 68.5 cm³/mol. The molecule has 0 aromatic heterocycles. The van der Waals surface area contributed by atoms with Crippen molar-refractivity contribution in [2.45, 2.75) is 31.9 Å². The lowest BCUT2D eigenvalue weighted by Gasteiger charge is -2.23. The van der Waals surface area contributed by atoms with E-state index in [2.05, 4.69) is 0 Å². The first-order valence-electron chi connectivity index (χ1n) is 6.20. The Labute approximate surface area is 117 Å². The van der Waals surface area contributed by atoms with Crippen LogP contribution in [-0.2, 0) is 24.5 Å². The van der Waals surface area contributed by atoms with Crippen molar-refractivity contribution in [1.29, 1.82) is 0 Å². The number of carbonyl (C=O) groups is 2. The van der Waals surface area contributed by atoms with E-state index in [-0.39, 0.29) is 13.2 Å². The standard InChI is InChI=1S/C10H19N3O6S/c1-2-19-10(16)7-4-3-5-13(7)20(17,18)12-6-8(14)9(11)15/h7-8,12,14H,2-6H2,1H3,(H2,11,15). The van der Waals surface area contributed by atoms with Crippen LogP contribution in [0.25, 0.3) is 0 Å². The predicted octanol–water partition coefficient (Wildman–Crippen LogP) is -2.31. The van der Waals surface area contributed by atoms with Crippen LogP contribution in [0.2, 0.25) is 0 Å². The summed E-state index contributed by atoms with van der Waals surface area (Å²) in [5.41, 5.74) is 4.82. The third-order valence-electron chi connectivity index (χ3n) is 2.86. The molecule has 116 valence electrons. The number of aliphatic hydroxyl groups is 1. The molecule has 4 N–H and O–H groups in total. The van der Waals surface area contributed by atoms with Crippen molar-refractivity contribution >= 4 is 22.1 Å². The van der Waals surface area contributed by atoms with Gasteiger partial charge in [-0.2, -0.15) is 17.4 Å². The van der Waals surface area contributed by atoms with E-state index in [4.69, 9.17) is 10.5 Å². The summed E-state index contributed by atoms with van der Waals surface area (Å²) in [6, 6.07) is -0.877. The van der Waals surface area contributed by atoms with Gasteiger partial charge in [0.05, 0.1) is 6.61 Å². The van der Waals surface area contributed by atoms with Crippen molar-refractivity contribution < 1.29 is 27.9 Å². The molecule has 0 saturated carbocycles. The largest absolute Gasteiger partial charge is 0.465 e. The fraction of sp³-hybridized carbons (Fsp3) is 0.800. The number of nitrogens with one attached hydrogen (secondary N) is 1. The number of aliphatic hydroxyl groups excluding tert-OH is 1. The Morgan fingerprint density at radius 1 is 1.55 bits per heavy atom. The summed E-state index contributed by atoms with van der Waals surface area (Å²) in [6.45, 7) is 1.43. The molecule has 0 aliphatic carbocycles. The van der Waals surface area contributed by atoms with Gasteiger partial charge >= 0.3 is 5.97 Å². The molecule has 2 atom stereocenters. The molecule has 20 heavy (non-hydrogen) atoms. The van der Waals surface area contributed by atoms with Crippen molar-refractivity contribution in [2.24, 2.45) is 5.73 Å². The number of amides is 1. The molecule has 0 aromatic rings. The maximum atomic E-state index is 12.0. The summed E-state index contributed by atoms with van der Waals surface area (Å²) in [6.07, 6.45) is -0.714. The average molecular weight is 309 g/mol. The van der Waals surface area contributed by atoms with Crippen LogP contribution < -0.4 is 10.5 Å². The first kappa shape index (κ1) is 16.8. The second-order valence-electron chi connectivity index (χ2n) is 4.29. The highest BCUT2D eigenvalue weighted by molar-refractivity contribution is 7.87. The molecule has 0 bridgehead atoms. The van der Waals surface area contributed by atoms with Gasteiger partial charge in [-0.15, -0.1) is 0 Å². The molecule has 0 spiro atoms. The van der Waals surface area contributed by atoms with Gasteiger partial charge < -0.3 is 15.6 Å². The van der Waals surface area contributed by atoms with Gasteiger partial charge in [0.2, 0.25) is 5.91 Å². The maximum absolute atomic E-state index is 12.0.